The molecule has 0 unspecified atom stereocenters. The molecule has 0 bridgehead atoms. The van der Waals surface area contributed by atoms with Crippen LogP contribution in [-0.4, -0.2) is 32.5 Å². The van der Waals surface area contributed by atoms with E-state index in [2.05, 4.69) is 15.2 Å². The van der Waals surface area contributed by atoms with Gasteiger partial charge in [0.15, 0.2) is 11.6 Å². The molecule has 3 rings (SSSR count). The van der Waals surface area contributed by atoms with Crippen molar-refractivity contribution in [3.63, 3.8) is 0 Å². The fourth-order valence-electron chi connectivity index (χ4n) is 3.55. The second kappa shape index (κ2) is 7.56. The van der Waals surface area contributed by atoms with E-state index < -0.39 is 0 Å². The smallest absolute Gasteiger partial charge is 0.277 e. The predicted molar refractivity (Wildman–Crippen MR) is 95.4 cm³/mol. The van der Waals surface area contributed by atoms with Gasteiger partial charge in [0.1, 0.15) is 0 Å². The molecule has 1 aliphatic carbocycles. The van der Waals surface area contributed by atoms with Crippen LogP contribution in [0.25, 0.3) is 0 Å². The maximum absolute atomic E-state index is 12.5. The molecule has 1 N–H and O–H groups in total. The monoisotopic (exact) mass is 361 g/mol. The lowest BCUT2D eigenvalue weighted by Gasteiger charge is -2.17. The number of aryl methyl sites for hydroxylation is 1. The molecule has 1 fully saturated rings. The molecule has 0 radical (unpaired) electrons. The van der Waals surface area contributed by atoms with E-state index in [1.807, 2.05) is 6.92 Å². The van der Waals surface area contributed by atoms with E-state index in [1.54, 1.807) is 6.92 Å². The molecular weight excluding hydrogens is 338 g/mol. The number of nitrogens with zero attached hydrogens (tertiary/aromatic N) is 2. The van der Waals surface area contributed by atoms with Crippen LogP contribution < -0.4 is 0 Å². The Morgan fingerprint density at radius 1 is 1.20 bits per heavy atom. The molecule has 134 valence electrons. The Kier molecular flexibility index (Phi) is 5.42. The Bertz CT molecular complexity index is 788. The number of hydrogen-bond acceptors (Lipinski definition) is 6. The fourth-order valence-corrected chi connectivity index (χ4v) is 4.19. The Morgan fingerprint density at radius 3 is 2.56 bits per heavy atom. The van der Waals surface area contributed by atoms with Crippen LogP contribution in [0.3, 0.4) is 0 Å². The lowest BCUT2D eigenvalue weighted by molar-refractivity contribution is 0.101. The van der Waals surface area contributed by atoms with E-state index in [4.69, 9.17) is 4.42 Å². The van der Waals surface area contributed by atoms with Crippen molar-refractivity contribution in [3.8, 4) is 0 Å². The van der Waals surface area contributed by atoms with Gasteiger partial charge in [-0.15, -0.1) is 10.2 Å². The summed E-state index contributed by atoms with van der Waals surface area (Å²) in [7, 11) is 0. The lowest BCUT2D eigenvalue weighted by atomic mass is 9.89. The normalized spacial score (nSPS) is 15.5. The minimum Gasteiger partial charge on any atom is -0.416 e. The molecule has 1 saturated carbocycles. The topological polar surface area (TPSA) is 88.9 Å². The first-order valence-corrected chi connectivity index (χ1v) is 9.65. The van der Waals surface area contributed by atoms with Crippen molar-refractivity contribution in [3.05, 3.63) is 28.4 Å². The summed E-state index contributed by atoms with van der Waals surface area (Å²) in [6.45, 7) is 5.12. The average Bonchev–Trinajstić information content (AvgIpc) is 3.18. The van der Waals surface area contributed by atoms with Crippen LogP contribution in [0.15, 0.2) is 9.64 Å². The maximum atomic E-state index is 12.5. The maximum Gasteiger partial charge on any atom is 0.277 e. The first-order valence-electron chi connectivity index (χ1n) is 8.67. The van der Waals surface area contributed by atoms with Gasteiger partial charge in [-0.05, 0) is 39.2 Å². The molecule has 0 saturated heterocycles. The Balaban J connectivity index is 1.64. The molecule has 0 atom stereocenters. The van der Waals surface area contributed by atoms with Crippen LogP contribution in [0.5, 0.6) is 0 Å². The van der Waals surface area contributed by atoms with Crippen molar-refractivity contribution in [1.29, 1.82) is 0 Å². The molecule has 6 nitrogen and oxygen atoms in total. The van der Waals surface area contributed by atoms with Gasteiger partial charge in [0.2, 0.25) is 5.89 Å². The quantitative estimate of drug-likeness (QED) is 0.611. The van der Waals surface area contributed by atoms with Crippen molar-refractivity contribution < 1.29 is 14.0 Å². The van der Waals surface area contributed by atoms with Crippen molar-refractivity contribution in [2.45, 2.75) is 64.0 Å². The van der Waals surface area contributed by atoms with Gasteiger partial charge in [0.05, 0.1) is 11.4 Å². The minimum absolute atomic E-state index is 0.0352. The zero-order chi connectivity index (χ0) is 18.0. The number of aromatic nitrogens is 3. The first-order chi connectivity index (χ1) is 12.0. The summed E-state index contributed by atoms with van der Waals surface area (Å²) in [5.74, 6) is 1.14. The highest BCUT2D eigenvalue weighted by Gasteiger charge is 2.23. The second-order valence-electron chi connectivity index (χ2n) is 6.63. The summed E-state index contributed by atoms with van der Waals surface area (Å²) >= 11 is 1.25. The summed E-state index contributed by atoms with van der Waals surface area (Å²) in [4.78, 5) is 27.2. The van der Waals surface area contributed by atoms with Crippen LogP contribution in [-0.2, 0) is 0 Å². The van der Waals surface area contributed by atoms with Crippen LogP contribution in [0.2, 0.25) is 0 Å². The number of ketones is 2. The number of hydrogen-bond donors (Lipinski definition) is 1. The van der Waals surface area contributed by atoms with Crippen molar-refractivity contribution in [2.24, 2.45) is 0 Å². The Labute approximate surface area is 151 Å². The molecular formula is C18H23N3O3S. The predicted octanol–water partition coefficient (Wildman–Crippen LogP) is 4.24. The molecule has 7 heteroatoms. The van der Waals surface area contributed by atoms with Gasteiger partial charge >= 0.3 is 0 Å². The van der Waals surface area contributed by atoms with Gasteiger partial charge in [0, 0.05) is 17.2 Å². The highest BCUT2D eigenvalue weighted by molar-refractivity contribution is 7.99. The highest BCUT2D eigenvalue weighted by atomic mass is 32.2. The number of nitrogens with one attached hydrogen (secondary N) is 1. The molecule has 2 aromatic heterocycles. The Morgan fingerprint density at radius 2 is 1.92 bits per heavy atom. The van der Waals surface area contributed by atoms with Gasteiger partial charge in [0.25, 0.3) is 5.22 Å². The van der Waals surface area contributed by atoms with E-state index in [9.17, 15) is 9.59 Å². The SMILES string of the molecule is CC(=O)c1c(C)[nH]c(C(=O)CSc2nnc(C3CCCCC3)o2)c1C. The second-order valence-corrected chi connectivity index (χ2v) is 7.56. The van der Waals surface area contributed by atoms with Gasteiger partial charge in [-0.3, -0.25) is 9.59 Å². The zero-order valence-corrected chi connectivity index (χ0v) is 15.7. The molecule has 25 heavy (non-hydrogen) atoms. The average molecular weight is 361 g/mol. The van der Waals surface area contributed by atoms with Gasteiger partial charge < -0.3 is 9.40 Å². The third kappa shape index (κ3) is 3.86. The van der Waals surface area contributed by atoms with Crippen molar-refractivity contribution in [2.75, 3.05) is 5.75 Å². The number of carbonyl (C=O) groups is 2. The summed E-state index contributed by atoms with van der Waals surface area (Å²) in [6.07, 6.45) is 5.88. The van der Waals surface area contributed by atoms with E-state index in [0.29, 0.717) is 33.9 Å². The first kappa shape index (κ1) is 17.9. The lowest BCUT2D eigenvalue weighted by Crippen LogP contribution is -2.05. The number of carbonyl (C=O) groups excluding carboxylic acids is 2. The van der Waals surface area contributed by atoms with E-state index in [1.165, 1.54) is 37.9 Å². The van der Waals surface area contributed by atoms with Crippen LogP contribution >= 0.6 is 11.8 Å². The molecule has 0 aliphatic heterocycles. The van der Waals surface area contributed by atoms with E-state index in [-0.39, 0.29) is 17.3 Å². The summed E-state index contributed by atoms with van der Waals surface area (Å²) in [6, 6.07) is 0. The van der Waals surface area contributed by atoms with Gasteiger partial charge in [-0.25, -0.2) is 0 Å². The Hall–Kier alpha value is -1.89. The van der Waals surface area contributed by atoms with Crippen LogP contribution in [0, 0.1) is 13.8 Å². The molecule has 1 aliphatic rings. The van der Waals surface area contributed by atoms with Gasteiger partial charge in [-0.1, -0.05) is 31.0 Å². The summed E-state index contributed by atoms with van der Waals surface area (Å²) in [5.41, 5.74) is 2.53. The molecule has 2 heterocycles. The number of H-pyrrole nitrogens is 1. The number of Topliss-reactive ketones (excluding diaryl/α,β-unsaturated/α-hetero) is 2. The molecule has 0 amide bonds. The summed E-state index contributed by atoms with van der Waals surface area (Å²) < 4.78 is 5.73. The van der Waals surface area contributed by atoms with Crippen LogP contribution in [0.1, 0.15) is 82.9 Å². The molecule has 2 aromatic rings. The van der Waals surface area contributed by atoms with Crippen molar-refractivity contribution in [1.82, 2.24) is 15.2 Å². The highest BCUT2D eigenvalue weighted by Crippen LogP contribution is 2.33. The zero-order valence-electron chi connectivity index (χ0n) is 14.8. The molecule has 0 spiro atoms. The van der Waals surface area contributed by atoms with Crippen molar-refractivity contribution >= 4 is 23.3 Å². The summed E-state index contributed by atoms with van der Waals surface area (Å²) in [5, 5.41) is 8.64. The fraction of sp³-hybridized carbons (Fsp3) is 0.556. The largest absolute Gasteiger partial charge is 0.416 e. The minimum atomic E-state index is -0.0736. The standard InChI is InChI=1S/C18H23N3O3S/c1-10-15(12(3)22)11(2)19-16(10)14(23)9-25-18-21-20-17(24-18)13-7-5-4-6-8-13/h13,19H,4-9H2,1-3H3. The third-order valence-corrected chi connectivity index (χ3v) is 5.59. The van der Waals surface area contributed by atoms with Crippen LogP contribution in [0.4, 0.5) is 0 Å². The van der Waals surface area contributed by atoms with E-state index >= 15 is 0 Å². The van der Waals surface area contributed by atoms with Gasteiger partial charge in [-0.2, -0.15) is 0 Å². The van der Waals surface area contributed by atoms with E-state index in [0.717, 1.165) is 18.5 Å². The molecule has 0 aromatic carbocycles. The third-order valence-electron chi connectivity index (χ3n) is 4.77. The number of aromatic amines is 1. The number of rotatable bonds is 6. The number of thioether (sulfide) groups is 1.